The number of carbonyl (C=O) groups excluding carboxylic acids is 1. The number of hydrogen-bond donors (Lipinski definition) is 1. The van der Waals surface area contributed by atoms with Crippen LogP contribution in [0.3, 0.4) is 0 Å². The summed E-state index contributed by atoms with van der Waals surface area (Å²) >= 11 is 11.9. The quantitative estimate of drug-likeness (QED) is 0.490. The Balaban J connectivity index is 1.41. The van der Waals surface area contributed by atoms with Gasteiger partial charge in [-0.25, -0.2) is 5.43 Å². The number of ether oxygens (including phenoxy) is 2. The van der Waals surface area contributed by atoms with Crippen molar-refractivity contribution in [1.82, 2.24) is 5.43 Å². The van der Waals surface area contributed by atoms with E-state index in [1.165, 1.54) is 6.21 Å². The van der Waals surface area contributed by atoms with Gasteiger partial charge in [0.25, 0.3) is 5.91 Å². The van der Waals surface area contributed by atoms with Gasteiger partial charge in [0.1, 0.15) is 24.7 Å². The lowest BCUT2D eigenvalue weighted by Crippen LogP contribution is -2.19. The van der Waals surface area contributed by atoms with Gasteiger partial charge in [-0.1, -0.05) is 23.2 Å². The van der Waals surface area contributed by atoms with Gasteiger partial charge in [-0.3, -0.25) is 4.79 Å². The molecule has 2 aromatic carbocycles. The molecule has 0 saturated carbocycles. The maximum absolute atomic E-state index is 12.2. The number of fused-ring (bicyclic) bond motifs is 1. The van der Waals surface area contributed by atoms with E-state index in [0.29, 0.717) is 51.8 Å². The number of hydrazone groups is 1. The van der Waals surface area contributed by atoms with Crippen LogP contribution in [0.4, 0.5) is 0 Å². The zero-order chi connectivity index (χ0) is 19.5. The highest BCUT2D eigenvalue weighted by Crippen LogP contribution is 2.31. The summed E-state index contributed by atoms with van der Waals surface area (Å²) in [5, 5.41) is 4.85. The largest absolute Gasteiger partial charge is 0.486 e. The van der Waals surface area contributed by atoms with Crippen LogP contribution in [-0.2, 0) is 0 Å². The number of hydrogen-bond acceptors (Lipinski definition) is 5. The molecule has 0 bridgehead atoms. The molecule has 3 aromatic rings. The van der Waals surface area contributed by atoms with Gasteiger partial charge in [0.2, 0.25) is 0 Å². The molecule has 142 valence electrons. The van der Waals surface area contributed by atoms with Gasteiger partial charge in [0.15, 0.2) is 11.5 Å². The summed E-state index contributed by atoms with van der Waals surface area (Å²) in [5.41, 5.74) is 3.66. The molecule has 0 spiro atoms. The van der Waals surface area contributed by atoms with Gasteiger partial charge in [0, 0.05) is 11.1 Å². The summed E-state index contributed by atoms with van der Waals surface area (Å²) in [7, 11) is 0. The third-order valence-corrected chi connectivity index (χ3v) is 4.73. The molecule has 2 heterocycles. The minimum absolute atomic E-state index is 0.371. The van der Waals surface area contributed by atoms with Gasteiger partial charge < -0.3 is 13.9 Å². The minimum atomic E-state index is -0.371. The fourth-order valence-electron chi connectivity index (χ4n) is 2.63. The van der Waals surface area contributed by atoms with Crippen LogP contribution in [0.25, 0.3) is 11.3 Å². The first-order valence-corrected chi connectivity index (χ1v) is 9.14. The molecule has 1 N–H and O–H groups in total. The Hall–Kier alpha value is -2.96. The molecule has 0 saturated heterocycles. The zero-order valence-corrected chi connectivity index (χ0v) is 16.0. The fraction of sp³-hybridized carbons (Fsp3) is 0.100. The van der Waals surface area contributed by atoms with Gasteiger partial charge >= 0.3 is 0 Å². The van der Waals surface area contributed by atoms with Crippen LogP contribution in [0, 0.1) is 0 Å². The lowest BCUT2D eigenvalue weighted by molar-refractivity contribution is 0.0954. The fourth-order valence-corrected chi connectivity index (χ4v) is 2.93. The highest BCUT2D eigenvalue weighted by Gasteiger charge is 2.14. The normalized spacial score (nSPS) is 12.9. The van der Waals surface area contributed by atoms with Crippen molar-refractivity contribution in [2.24, 2.45) is 5.10 Å². The van der Waals surface area contributed by atoms with Crippen molar-refractivity contribution >= 4 is 35.3 Å². The molecule has 1 amide bonds. The lowest BCUT2D eigenvalue weighted by atomic mass is 10.2. The summed E-state index contributed by atoms with van der Waals surface area (Å²) < 4.78 is 16.6. The summed E-state index contributed by atoms with van der Waals surface area (Å²) in [6, 6.07) is 13.7. The molecule has 6 nitrogen and oxygen atoms in total. The first-order chi connectivity index (χ1) is 13.6. The van der Waals surface area contributed by atoms with E-state index in [-0.39, 0.29) is 5.91 Å². The highest BCUT2D eigenvalue weighted by atomic mass is 35.5. The Morgan fingerprint density at radius 3 is 2.61 bits per heavy atom. The van der Waals surface area contributed by atoms with Gasteiger partial charge in [-0.05, 0) is 48.5 Å². The molecule has 4 rings (SSSR count). The maximum atomic E-state index is 12.2. The summed E-state index contributed by atoms with van der Waals surface area (Å²) in [6.07, 6.45) is 1.41. The molecule has 0 unspecified atom stereocenters. The molecule has 8 heteroatoms. The Kier molecular flexibility index (Phi) is 5.23. The van der Waals surface area contributed by atoms with Crippen molar-refractivity contribution in [2.75, 3.05) is 13.2 Å². The van der Waals surface area contributed by atoms with Gasteiger partial charge in [0.05, 0.1) is 16.3 Å². The molecule has 28 heavy (non-hydrogen) atoms. The van der Waals surface area contributed by atoms with Gasteiger partial charge in [-0.15, -0.1) is 0 Å². The predicted molar refractivity (Wildman–Crippen MR) is 107 cm³/mol. The summed E-state index contributed by atoms with van der Waals surface area (Å²) in [5.74, 6) is 1.88. The lowest BCUT2D eigenvalue weighted by Gasteiger charge is -2.18. The molecule has 0 atom stereocenters. The third kappa shape index (κ3) is 3.98. The highest BCUT2D eigenvalue weighted by molar-refractivity contribution is 6.42. The molecule has 0 aliphatic carbocycles. The Morgan fingerprint density at radius 2 is 1.79 bits per heavy atom. The topological polar surface area (TPSA) is 73.1 Å². The van der Waals surface area contributed by atoms with E-state index in [4.69, 9.17) is 37.1 Å². The number of halogens is 2. The molecule has 1 aliphatic rings. The monoisotopic (exact) mass is 416 g/mol. The van der Waals surface area contributed by atoms with Crippen LogP contribution >= 0.6 is 23.2 Å². The van der Waals surface area contributed by atoms with Crippen LogP contribution in [0.15, 0.2) is 58.0 Å². The van der Waals surface area contributed by atoms with Crippen molar-refractivity contribution in [2.45, 2.75) is 0 Å². The summed E-state index contributed by atoms with van der Waals surface area (Å²) in [4.78, 5) is 12.2. The van der Waals surface area contributed by atoms with E-state index >= 15 is 0 Å². The van der Waals surface area contributed by atoms with E-state index in [9.17, 15) is 4.79 Å². The van der Waals surface area contributed by atoms with E-state index in [1.54, 1.807) is 48.5 Å². The smallest absolute Gasteiger partial charge is 0.271 e. The van der Waals surface area contributed by atoms with Crippen LogP contribution < -0.4 is 14.9 Å². The molecular weight excluding hydrogens is 403 g/mol. The second-order valence-corrected chi connectivity index (χ2v) is 6.70. The molecule has 1 aliphatic heterocycles. The Morgan fingerprint density at radius 1 is 0.964 bits per heavy atom. The average molecular weight is 417 g/mol. The van der Waals surface area contributed by atoms with Gasteiger partial charge in [-0.2, -0.15) is 5.10 Å². The van der Waals surface area contributed by atoms with Crippen LogP contribution in [0.5, 0.6) is 11.5 Å². The number of benzene rings is 2. The first kappa shape index (κ1) is 18.4. The van der Waals surface area contributed by atoms with Crippen molar-refractivity contribution in [1.29, 1.82) is 0 Å². The van der Waals surface area contributed by atoms with Crippen LogP contribution in [-0.4, -0.2) is 25.3 Å². The van der Waals surface area contributed by atoms with E-state index in [0.717, 1.165) is 5.56 Å². The van der Waals surface area contributed by atoms with Crippen molar-refractivity contribution in [3.63, 3.8) is 0 Å². The van der Waals surface area contributed by atoms with E-state index in [2.05, 4.69) is 10.5 Å². The van der Waals surface area contributed by atoms with Crippen LogP contribution in [0.1, 0.15) is 16.1 Å². The molecule has 0 radical (unpaired) electrons. The molecule has 1 aromatic heterocycles. The predicted octanol–water partition coefficient (Wildman–Crippen LogP) is 4.79. The number of carbonyl (C=O) groups is 1. The standard InChI is InChI=1S/C20H14Cl2N2O4/c21-15-4-1-12(9-16(15)22)17-6-3-14(28-17)11-23-24-20(25)13-2-5-18-19(10-13)27-8-7-26-18/h1-6,9-11H,7-8H2,(H,24,25). The minimum Gasteiger partial charge on any atom is -0.486 e. The summed E-state index contributed by atoms with van der Waals surface area (Å²) in [6.45, 7) is 0.950. The Bertz CT molecular complexity index is 1060. The number of nitrogens with one attached hydrogen (secondary N) is 1. The zero-order valence-electron chi connectivity index (χ0n) is 14.4. The third-order valence-electron chi connectivity index (χ3n) is 3.99. The second-order valence-electron chi connectivity index (χ2n) is 5.89. The van der Waals surface area contributed by atoms with Crippen LogP contribution in [0.2, 0.25) is 10.0 Å². The van der Waals surface area contributed by atoms with E-state index in [1.807, 2.05) is 0 Å². The number of nitrogens with zero attached hydrogens (tertiary/aromatic N) is 1. The number of amides is 1. The molecule has 0 fully saturated rings. The van der Waals surface area contributed by atoms with Crippen molar-refractivity contribution in [3.05, 3.63) is 69.9 Å². The first-order valence-electron chi connectivity index (χ1n) is 8.38. The average Bonchev–Trinajstić information content (AvgIpc) is 3.18. The number of furan rings is 1. The van der Waals surface area contributed by atoms with E-state index < -0.39 is 0 Å². The second kappa shape index (κ2) is 7.96. The van der Waals surface area contributed by atoms with Crippen molar-refractivity contribution < 1.29 is 18.7 Å². The number of rotatable bonds is 4. The maximum Gasteiger partial charge on any atom is 0.271 e. The Labute approximate surface area is 170 Å². The molecular formula is C20H14Cl2N2O4. The van der Waals surface area contributed by atoms with Crippen molar-refractivity contribution in [3.8, 4) is 22.8 Å². The SMILES string of the molecule is O=C(NN=Cc1ccc(-c2ccc(Cl)c(Cl)c2)o1)c1ccc2c(c1)OCCO2.